The minimum Gasteiger partial charge on any atom is -0.462 e. The molecular weight excluding hydrogens is 168 g/mol. The molecule has 0 saturated heterocycles. The molecule has 0 bridgehead atoms. The molecule has 0 aromatic carbocycles. The van der Waals surface area contributed by atoms with Gasteiger partial charge in [0.15, 0.2) is 0 Å². The Morgan fingerprint density at radius 2 is 2.23 bits per heavy atom. The fourth-order valence-electron chi connectivity index (χ4n) is 0.905. The van der Waals surface area contributed by atoms with Gasteiger partial charge in [-0.15, -0.1) is 0 Å². The van der Waals surface area contributed by atoms with Crippen molar-refractivity contribution >= 4 is 5.97 Å². The van der Waals surface area contributed by atoms with Gasteiger partial charge in [-0.05, 0) is 25.7 Å². The summed E-state index contributed by atoms with van der Waals surface area (Å²) in [5.41, 5.74) is 0.416. The van der Waals surface area contributed by atoms with Gasteiger partial charge in [-0.25, -0.2) is 4.79 Å². The van der Waals surface area contributed by atoms with Crippen LogP contribution in [0.5, 0.6) is 0 Å². The highest BCUT2D eigenvalue weighted by Gasteiger charge is 2.09. The predicted molar refractivity (Wildman–Crippen MR) is 51.3 cm³/mol. The molecule has 0 aliphatic rings. The number of aliphatic hydroxyl groups excluding tert-OH is 1. The summed E-state index contributed by atoms with van der Waals surface area (Å²) >= 11 is 0. The molecule has 0 amide bonds. The van der Waals surface area contributed by atoms with Gasteiger partial charge < -0.3 is 9.84 Å². The van der Waals surface area contributed by atoms with Crippen LogP contribution in [-0.2, 0) is 9.53 Å². The van der Waals surface area contributed by atoms with Crippen molar-refractivity contribution in [2.24, 2.45) is 5.92 Å². The SMILES string of the molecule is C=C(C)C(=O)OCC(CC)CCO. The summed E-state index contributed by atoms with van der Waals surface area (Å²) in [6.07, 6.45) is 1.59. The molecule has 0 aromatic rings. The van der Waals surface area contributed by atoms with Crippen molar-refractivity contribution in [3.63, 3.8) is 0 Å². The molecule has 1 N–H and O–H groups in total. The zero-order chi connectivity index (χ0) is 10.3. The molecule has 0 spiro atoms. The third-order valence-corrected chi connectivity index (χ3v) is 1.91. The molecule has 13 heavy (non-hydrogen) atoms. The monoisotopic (exact) mass is 186 g/mol. The van der Waals surface area contributed by atoms with Crippen molar-refractivity contribution < 1.29 is 14.6 Å². The topological polar surface area (TPSA) is 46.5 Å². The van der Waals surface area contributed by atoms with E-state index in [1.807, 2.05) is 6.92 Å². The van der Waals surface area contributed by atoms with Crippen LogP contribution in [0.2, 0.25) is 0 Å². The van der Waals surface area contributed by atoms with Crippen LogP contribution in [0, 0.1) is 5.92 Å². The Kier molecular flexibility index (Phi) is 6.24. The van der Waals surface area contributed by atoms with E-state index < -0.39 is 0 Å². The Morgan fingerprint density at radius 1 is 1.62 bits per heavy atom. The van der Waals surface area contributed by atoms with Crippen molar-refractivity contribution in [2.75, 3.05) is 13.2 Å². The standard InChI is InChI=1S/C10H18O3/c1-4-9(5-6-11)7-13-10(12)8(2)3/h9,11H,2,4-7H2,1,3H3. The molecule has 0 fully saturated rings. The lowest BCUT2D eigenvalue weighted by atomic mass is 10.0. The zero-order valence-corrected chi connectivity index (χ0v) is 8.38. The van der Waals surface area contributed by atoms with Crippen LogP contribution in [0.3, 0.4) is 0 Å². The van der Waals surface area contributed by atoms with Crippen molar-refractivity contribution in [1.29, 1.82) is 0 Å². The van der Waals surface area contributed by atoms with Crippen LogP contribution in [-0.4, -0.2) is 24.3 Å². The van der Waals surface area contributed by atoms with E-state index >= 15 is 0 Å². The molecule has 0 heterocycles. The first-order valence-electron chi connectivity index (χ1n) is 4.55. The molecule has 1 unspecified atom stereocenters. The molecule has 0 radical (unpaired) electrons. The smallest absolute Gasteiger partial charge is 0.333 e. The number of carbonyl (C=O) groups excluding carboxylic acids is 1. The Morgan fingerprint density at radius 3 is 2.62 bits per heavy atom. The van der Waals surface area contributed by atoms with Gasteiger partial charge in [-0.1, -0.05) is 13.5 Å². The maximum Gasteiger partial charge on any atom is 0.333 e. The van der Waals surface area contributed by atoms with Gasteiger partial charge in [0.1, 0.15) is 0 Å². The van der Waals surface area contributed by atoms with Crippen molar-refractivity contribution in [2.45, 2.75) is 26.7 Å². The predicted octanol–water partition coefficient (Wildman–Crippen LogP) is 1.51. The molecule has 0 rings (SSSR count). The number of hydrogen-bond donors (Lipinski definition) is 1. The van der Waals surface area contributed by atoms with E-state index in [1.165, 1.54) is 0 Å². The van der Waals surface area contributed by atoms with Crippen molar-refractivity contribution in [3.05, 3.63) is 12.2 Å². The highest BCUT2D eigenvalue weighted by Crippen LogP contribution is 2.08. The first-order valence-corrected chi connectivity index (χ1v) is 4.55. The van der Waals surface area contributed by atoms with Gasteiger partial charge in [-0.2, -0.15) is 0 Å². The first kappa shape index (κ1) is 12.2. The van der Waals surface area contributed by atoms with Crippen LogP contribution < -0.4 is 0 Å². The second-order valence-corrected chi connectivity index (χ2v) is 3.17. The fourth-order valence-corrected chi connectivity index (χ4v) is 0.905. The summed E-state index contributed by atoms with van der Waals surface area (Å²) in [5, 5.41) is 8.68. The maximum atomic E-state index is 11.0. The van der Waals surface area contributed by atoms with Crippen LogP contribution >= 0.6 is 0 Å². The van der Waals surface area contributed by atoms with Crippen molar-refractivity contribution in [1.82, 2.24) is 0 Å². The Bertz CT molecular complexity index is 175. The van der Waals surface area contributed by atoms with Gasteiger partial charge in [0.2, 0.25) is 0 Å². The third kappa shape index (κ3) is 5.42. The summed E-state index contributed by atoms with van der Waals surface area (Å²) < 4.78 is 4.96. The summed E-state index contributed by atoms with van der Waals surface area (Å²) in [4.78, 5) is 11.0. The summed E-state index contributed by atoms with van der Waals surface area (Å²) in [7, 11) is 0. The number of ether oxygens (including phenoxy) is 1. The van der Waals surface area contributed by atoms with Crippen LogP contribution in [0.15, 0.2) is 12.2 Å². The summed E-state index contributed by atoms with van der Waals surface area (Å²) in [5.74, 6) is -0.0929. The van der Waals surface area contributed by atoms with Gasteiger partial charge in [-0.3, -0.25) is 0 Å². The normalized spacial score (nSPS) is 12.2. The van der Waals surface area contributed by atoms with Gasteiger partial charge in [0.05, 0.1) is 6.61 Å². The lowest BCUT2D eigenvalue weighted by Crippen LogP contribution is -2.15. The van der Waals surface area contributed by atoms with Gasteiger partial charge in [0, 0.05) is 12.2 Å². The number of rotatable bonds is 6. The molecule has 76 valence electrons. The average Bonchev–Trinajstić information content (AvgIpc) is 2.11. The lowest BCUT2D eigenvalue weighted by Gasteiger charge is -2.13. The molecule has 0 saturated carbocycles. The highest BCUT2D eigenvalue weighted by atomic mass is 16.5. The average molecular weight is 186 g/mol. The molecule has 0 aliphatic carbocycles. The minimum absolute atomic E-state index is 0.142. The molecule has 3 heteroatoms. The van der Waals surface area contributed by atoms with Crippen molar-refractivity contribution in [3.8, 4) is 0 Å². The van der Waals surface area contributed by atoms with Crippen LogP contribution in [0.25, 0.3) is 0 Å². The zero-order valence-electron chi connectivity index (χ0n) is 8.38. The second-order valence-electron chi connectivity index (χ2n) is 3.17. The first-order chi connectivity index (χ1) is 6.11. The Labute approximate surface area is 79.4 Å². The van der Waals surface area contributed by atoms with E-state index in [2.05, 4.69) is 6.58 Å². The van der Waals surface area contributed by atoms with E-state index in [-0.39, 0.29) is 18.5 Å². The minimum atomic E-state index is -0.351. The summed E-state index contributed by atoms with van der Waals surface area (Å²) in [6, 6.07) is 0. The number of aliphatic hydroxyl groups is 1. The van der Waals surface area contributed by atoms with E-state index in [4.69, 9.17) is 9.84 Å². The molecule has 3 nitrogen and oxygen atoms in total. The number of hydrogen-bond acceptors (Lipinski definition) is 3. The lowest BCUT2D eigenvalue weighted by molar-refractivity contribution is -0.140. The highest BCUT2D eigenvalue weighted by molar-refractivity contribution is 5.86. The van der Waals surface area contributed by atoms with E-state index in [1.54, 1.807) is 6.92 Å². The van der Waals surface area contributed by atoms with Crippen LogP contribution in [0.1, 0.15) is 26.7 Å². The van der Waals surface area contributed by atoms with Gasteiger partial charge in [0.25, 0.3) is 0 Å². The maximum absolute atomic E-state index is 11.0. The largest absolute Gasteiger partial charge is 0.462 e. The molecule has 1 atom stereocenters. The quantitative estimate of drug-likeness (QED) is 0.505. The van der Waals surface area contributed by atoms with E-state index in [0.717, 1.165) is 6.42 Å². The number of carbonyl (C=O) groups is 1. The molecular formula is C10H18O3. The van der Waals surface area contributed by atoms with Crippen LogP contribution in [0.4, 0.5) is 0 Å². The molecule has 0 aliphatic heterocycles. The third-order valence-electron chi connectivity index (χ3n) is 1.91. The molecule has 0 aromatic heterocycles. The summed E-state index contributed by atoms with van der Waals surface area (Å²) in [6.45, 7) is 7.63. The van der Waals surface area contributed by atoms with E-state index in [0.29, 0.717) is 18.6 Å². The number of esters is 1. The second kappa shape index (κ2) is 6.66. The fraction of sp³-hybridized carbons (Fsp3) is 0.700. The Balaban J connectivity index is 3.71. The van der Waals surface area contributed by atoms with Gasteiger partial charge >= 0.3 is 5.97 Å². The Hall–Kier alpha value is -0.830. The van der Waals surface area contributed by atoms with E-state index in [9.17, 15) is 4.79 Å².